The Kier molecular flexibility index (Phi) is 7.54. The lowest BCUT2D eigenvalue weighted by Crippen LogP contribution is -2.33. The molecule has 2 N–H and O–H groups in total. The van der Waals surface area contributed by atoms with E-state index in [1.165, 1.54) is 17.3 Å². The number of ether oxygens (including phenoxy) is 2. The van der Waals surface area contributed by atoms with Gasteiger partial charge >= 0.3 is 0 Å². The predicted octanol–water partition coefficient (Wildman–Crippen LogP) is 4.80. The number of H-pyrrole nitrogens is 1. The first-order valence-electron chi connectivity index (χ1n) is 11.4. The monoisotopic (exact) mass is 466 g/mol. The molecular weight excluding hydrogens is 436 g/mol. The molecule has 0 saturated heterocycles. The smallest absolute Gasteiger partial charge is 0.230 e. The minimum Gasteiger partial charge on any atom is -0.490 e. The second-order valence-corrected chi connectivity index (χ2v) is 9.29. The van der Waals surface area contributed by atoms with Gasteiger partial charge in [-0.05, 0) is 35.6 Å². The molecule has 2 heterocycles. The fourth-order valence-electron chi connectivity index (χ4n) is 3.69. The van der Waals surface area contributed by atoms with Crippen molar-refractivity contribution in [3.63, 3.8) is 0 Å². The summed E-state index contributed by atoms with van der Waals surface area (Å²) < 4.78 is 11.5. The summed E-state index contributed by atoms with van der Waals surface area (Å²) in [6.45, 7) is 7.59. The average molecular weight is 467 g/mol. The second-order valence-electron chi connectivity index (χ2n) is 8.35. The number of benzene rings is 2. The van der Waals surface area contributed by atoms with Crippen LogP contribution in [0.2, 0.25) is 0 Å². The van der Waals surface area contributed by atoms with Crippen molar-refractivity contribution in [3.8, 4) is 22.9 Å². The highest BCUT2D eigenvalue weighted by Gasteiger charge is 2.21. The number of carbonyl (C=O) groups is 1. The van der Waals surface area contributed by atoms with Crippen LogP contribution in [0.5, 0.6) is 11.5 Å². The van der Waals surface area contributed by atoms with E-state index in [1.54, 1.807) is 0 Å². The van der Waals surface area contributed by atoms with Crippen molar-refractivity contribution in [2.45, 2.75) is 44.8 Å². The van der Waals surface area contributed by atoms with E-state index in [9.17, 15) is 4.79 Å². The lowest BCUT2D eigenvalue weighted by Gasteiger charge is -2.23. The van der Waals surface area contributed by atoms with Gasteiger partial charge in [0.2, 0.25) is 11.1 Å². The predicted molar refractivity (Wildman–Crippen MR) is 130 cm³/mol. The van der Waals surface area contributed by atoms with Gasteiger partial charge in [-0.2, -0.15) is 0 Å². The Balaban J connectivity index is 1.37. The van der Waals surface area contributed by atoms with Crippen molar-refractivity contribution in [2.24, 2.45) is 5.92 Å². The van der Waals surface area contributed by atoms with E-state index in [0.717, 1.165) is 35.5 Å². The molecule has 174 valence electrons. The van der Waals surface area contributed by atoms with Gasteiger partial charge in [0, 0.05) is 12.0 Å². The summed E-state index contributed by atoms with van der Waals surface area (Å²) in [7, 11) is 0. The first kappa shape index (κ1) is 23.2. The number of hydrogen-bond donors (Lipinski definition) is 2. The molecule has 1 amide bonds. The molecule has 0 bridgehead atoms. The highest BCUT2D eigenvalue weighted by molar-refractivity contribution is 7.99. The van der Waals surface area contributed by atoms with E-state index in [1.807, 2.05) is 30.3 Å². The number of aryl methyl sites for hydroxylation is 1. The van der Waals surface area contributed by atoms with Gasteiger partial charge in [-0.1, -0.05) is 62.9 Å². The number of rotatable bonds is 8. The van der Waals surface area contributed by atoms with Gasteiger partial charge in [0.25, 0.3) is 0 Å². The van der Waals surface area contributed by atoms with Gasteiger partial charge in [-0.25, -0.2) is 4.98 Å². The molecule has 2 aromatic carbocycles. The van der Waals surface area contributed by atoms with E-state index in [2.05, 4.69) is 53.4 Å². The van der Waals surface area contributed by atoms with Crippen LogP contribution in [0.15, 0.2) is 47.6 Å². The Morgan fingerprint density at radius 2 is 1.88 bits per heavy atom. The van der Waals surface area contributed by atoms with Crippen LogP contribution < -0.4 is 14.8 Å². The van der Waals surface area contributed by atoms with Gasteiger partial charge < -0.3 is 14.8 Å². The summed E-state index contributed by atoms with van der Waals surface area (Å²) in [5.74, 6) is 2.58. The summed E-state index contributed by atoms with van der Waals surface area (Å²) in [5.41, 5.74) is 3.26. The maximum Gasteiger partial charge on any atom is 0.230 e. The van der Waals surface area contributed by atoms with Crippen LogP contribution in [0, 0.1) is 5.92 Å². The first-order chi connectivity index (χ1) is 16.0. The third-order valence-corrected chi connectivity index (χ3v) is 6.39. The number of thioether (sulfide) groups is 1. The van der Waals surface area contributed by atoms with Gasteiger partial charge in [0.1, 0.15) is 0 Å². The molecule has 0 fully saturated rings. The maximum absolute atomic E-state index is 12.7. The van der Waals surface area contributed by atoms with Crippen molar-refractivity contribution in [1.82, 2.24) is 20.5 Å². The normalized spacial score (nSPS) is 14.1. The summed E-state index contributed by atoms with van der Waals surface area (Å²) in [6, 6.07) is 14.0. The van der Waals surface area contributed by atoms with Crippen molar-refractivity contribution in [3.05, 3.63) is 53.6 Å². The molecule has 33 heavy (non-hydrogen) atoms. The van der Waals surface area contributed by atoms with Gasteiger partial charge in [0.15, 0.2) is 17.3 Å². The molecule has 1 unspecified atom stereocenters. The van der Waals surface area contributed by atoms with Gasteiger partial charge in [-0.3, -0.25) is 9.89 Å². The topological polar surface area (TPSA) is 89.1 Å². The standard InChI is InChI=1S/C25H30N4O3S/c1-4-17-6-8-18(9-7-17)24-27-25(29-28-24)33-15-22(30)26-23(16(2)3)19-10-11-20-21(14-19)32-13-5-12-31-20/h6-11,14,16,23H,4-5,12-13,15H2,1-3H3,(H,26,30)(H,27,28,29). The molecule has 0 aliphatic carbocycles. The Bertz CT molecular complexity index is 1080. The number of nitrogens with zero attached hydrogens (tertiary/aromatic N) is 2. The minimum atomic E-state index is -0.130. The van der Waals surface area contributed by atoms with Crippen LogP contribution in [0.4, 0.5) is 0 Å². The SMILES string of the molecule is CCc1ccc(-c2nc(SCC(=O)NC(c3ccc4c(c3)OCCCO4)C(C)C)n[nH]2)cc1. The van der Waals surface area contributed by atoms with Crippen LogP contribution in [-0.2, 0) is 11.2 Å². The lowest BCUT2D eigenvalue weighted by molar-refractivity contribution is -0.119. The third-order valence-electron chi connectivity index (χ3n) is 5.55. The van der Waals surface area contributed by atoms with Crippen molar-refractivity contribution >= 4 is 17.7 Å². The molecule has 0 spiro atoms. The summed E-state index contributed by atoms with van der Waals surface area (Å²) in [4.78, 5) is 17.3. The number of hydrogen-bond acceptors (Lipinski definition) is 6. The molecule has 1 aromatic heterocycles. The van der Waals surface area contributed by atoms with E-state index in [-0.39, 0.29) is 23.6 Å². The van der Waals surface area contributed by atoms with Crippen molar-refractivity contribution in [2.75, 3.05) is 19.0 Å². The zero-order chi connectivity index (χ0) is 23.2. The van der Waals surface area contributed by atoms with E-state index in [4.69, 9.17) is 9.47 Å². The third kappa shape index (κ3) is 5.87. The van der Waals surface area contributed by atoms with Crippen LogP contribution >= 0.6 is 11.8 Å². The van der Waals surface area contributed by atoms with Crippen LogP contribution in [-0.4, -0.2) is 40.1 Å². The van der Waals surface area contributed by atoms with Crippen LogP contribution in [0.25, 0.3) is 11.4 Å². The first-order valence-corrected chi connectivity index (χ1v) is 12.4. The molecule has 1 aliphatic heterocycles. The molecule has 8 heteroatoms. The quantitative estimate of drug-likeness (QED) is 0.464. The maximum atomic E-state index is 12.7. The molecule has 0 saturated carbocycles. The summed E-state index contributed by atoms with van der Waals surface area (Å²) in [5, 5.41) is 10.9. The van der Waals surface area contributed by atoms with Crippen molar-refractivity contribution < 1.29 is 14.3 Å². The molecular formula is C25H30N4O3S. The summed E-state index contributed by atoms with van der Waals surface area (Å²) >= 11 is 1.32. The number of carbonyl (C=O) groups excluding carboxylic acids is 1. The molecule has 7 nitrogen and oxygen atoms in total. The zero-order valence-electron chi connectivity index (χ0n) is 19.3. The highest BCUT2D eigenvalue weighted by Crippen LogP contribution is 2.34. The Morgan fingerprint density at radius 3 is 2.61 bits per heavy atom. The molecule has 1 aliphatic rings. The van der Waals surface area contributed by atoms with Crippen molar-refractivity contribution in [1.29, 1.82) is 0 Å². The number of nitrogens with one attached hydrogen (secondary N) is 2. The molecule has 1 atom stereocenters. The van der Waals surface area contributed by atoms with Gasteiger partial charge in [-0.15, -0.1) is 5.10 Å². The van der Waals surface area contributed by atoms with E-state index in [0.29, 0.717) is 24.2 Å². The fourth-order valence-corrected chi connectivity index (χ4v) is 4.30. The minimum absolute atomic E-state index is 0.0653. The lowest BCUT2D eigenvalue weighted by atomic mass is 9.95. The summed E-state index contributed by atoms with van der Waals surface area (Å²) in [6.07, 6.45) is 1.86. The van der Waals surface area contributed by atoms with E-state index >= 15 is 0 Å². The molecule has 3 aromatic rings. The highest BCUT2D eigenvalue weighted by atomic mass is 32.2. The Labute approximate surface area is 198 Å². The largest absolute Gasteiger partial charge is 0.490 e. The molecule has 0 radical (unpaired) electrons. The Morgan fingerprint density at radius 1 is 1.12 bits per heavy atom. The average Bonchev–Trinajstić information content (AvgIpc) is 3.18. The van der Waals surface area contributed by atoms with Crippen LogP contribution in [0.1, 0.15) is 44.4 Å². The van der Waals surface area contributed by atoms with Crippen LogP contribution in [0.3, 0.4) is 0 Å². The number of amides is 1. The number of aromatic amines is 1. The zero-order valence-corrected chi connectivity index (χ0v) is 20.1. The van der Waals surface area contributed by atoms with Gasteiger partial charge in [0.05, 0.1) is 25.0 Å². The Hall–Kier alpha value is -3.00. The fraction of sp³-hybridized carbons (Fsp3) is 0.400. The molecule has 4 rings (SSSR count). The number of fused-ring (bicyclic) bond motifs is 1. The number of aromatic nitrogens is 3. The van der Waals surface area contributed by atoms with E-state index < -0.39 is 0 Å². The second kappa shape index (κ2) is 10.7.